The quantitative estimate of drug-likeness (QED) is 0.0701. The van der Waals surface area contributed by atoms with Gasteiger partial charge in [0.25, 0.3) is 0 Å². The van der Waals surface area contributed by atoms with E-state index in [0.717, 1.165) is 47.6 Å². The van der Waals surface area contributed by atoms with Crippen molar-refractivity contribution in [3.63, 3.8) is 0 Å². The first-order valence-corrected chi connectivity index (χ1v) is 16.0. The molecule has 0 amide bonds. The predicted octanol–water partition coefficient (Wildman–Crippen LogP) is 9.48. The molecule has 0 aliphatic rings. The second-order valence-corrected chi connectivity index (χ2v) is 10.8. The summed E-state index contributed by atoms with van der Waals surface area (Å²) in [6.07, 6.45) is 11.9. The summed E-state index contributed by atoms with van der Waals surface area (Å²) < 4.78 is 22.6. The molecule has 3 aromatic rings. The molecule has 43 heavy (non-hydrogen) atoms. The van der Waals surface area contributed by atoms with E-state index in [1.165, 1.54) is 44.9 Å². The van der Waals surface area contributed by atoms with E-state index >= 15 is 0 Å². The minimum Gasteiger partial charge on any atom is -0.494 e. The highest BCUT2D eigenvalue weighted by molar-refractivity contribution is 5.78. The molecule has 0 fully saturated rings. The van der Waals surface area contributed by atoms with Crippen LogP contribution in [0, 0.1) is 0 Å². The monoisotopic (exact) mass is 588 g/mol. The average Bonchev–Trinajstić information content (AvgIpc) is 3.03. The first-order chi connectivity index (χ1) is 21.1. The van der Waals surface area contributed by atoms with Gasteiger partial charge < -0.3 is 18.9 Å². The Bertz CT molecular complexity index is 1200. The molecule has 6 heteroatoms. The minimum absolute atomic E-state index is 0.148. The first kappa shape index (κ1) is 33.7. The van der Waals surface area contributed by atoms with Crippen LogP contribution in [0.5, 0.6) is 17.2 Å². The van der Waals surface area contributed by atoms with Gasteiger partial charge in [0.1, 0.15) is 23.9 Å². The number of hydrogen-bond donors (Lipinski definition) is 0. The Morgan fingerprint density at radius 2 is 1.21 bits per heavy atom. The second kappa shape index (κ2) is 20.2. The fourth-order valence-electron chi connectivity index (χ4n) is 4.64. The summed E-state index contributed by atoms with van der Waals surface area (Å²) in [5, 5.41) is 0. The van der Waals surface area contributed by atoms with E-state index < -0.39 is 0 Å². The highest BCUT2D eigenvalue weighted by Crippen LogP contribution is 2.31. The van der Waals surface area contributed by atoms with E-state index in [1.807, 2.05) is 73.7 Å². The smallest absolute Gasteiger partial charge is 0.311 e. The Morgan fingerprint density at radius 1 is 0.581 bits per heavy atom. The van der Waals surface area contributed by atoms with Gasteiger partial charge in [0.05, 0.1) is 13.2 Å². The standard InChI is InChI=1S/C37H48O6/c1-3-5-6-7-8-9-10-13-28-40-32-23-19-30(20-24-32)29-42-33-25-21-31(22-26-33)34-15-11-12-16-35(34)43-37(39)18-14-17-36(38)41-27-4-2/h11-12,15-16,19-26H,3-10,13-14,17-18,27-29H2,1-2H3. The van der Waals surface area contributed by atoms with Crippen molar-refractivity contribution in [1.29, 1.82) is 0 Å². The summed E-state index contributed by atoms with van der Waals surface area (Å²) in [7, 11) is 0. The van der Waals surface area contributed by atoms with E-state index in [1.54, 1.807) is 6.07 Å². The molecule has 0 aromatic heterocycles. The lowest BCUT2D eigenvalue weighted by atomic mass is 10.0. The minimum atomic E-state index is -0.375. The Morgan fingerprint density at radius 3 is 1.93 bits per heavy atom. The van der Waals surface area contributed by atoms with Crippen molar-refractivity contribution < 1.29 is 28.5 Å². The Kier molecular flexibility index (Phi) is 15.8. The molecule has 0 radical (unpaired) electrons. The van der Waals surface area contributed by atoms with E-state index in [4.69, 9.17) is 18.9 Å². The van der Waals surface area contributed by atoms with Gasteiger partial charge in [-0.2, -0.15) is 0 Å². The molecule has 3 rings (SSSR count). The molecule has 0 unspecified atom stereocenters. The zero-order valence-corrected chi connectivity index (χ0v) is 26.0. The van der Waals surface area contributed by atoms with Crippen molar-refractivity contribution in [3.8, 4) is 28.4 Å². The third-order valence-electron chi connectivity index (χ3n) is 7.10. The van der Waals surface area contributed by atoms with Crippen LogP contribution in [-0.4, -0.2) is 25.2 Å². The van der Waals surface area contributed by atoms with Crippen LogP contribution in [0.25, 0.3) is 11.1 Å². The first-order valence-electron chi connectivity index (χ1n) is 16.0. The number of carbonyl (C=O) groups excluding carboxylic acids is 2. The van der Waals surface area contributed by atoms with Gasteiger partial charge in [0.2, 0.25) is 0 Å². The lowest BCUT2D eigenvalue weighted by Crippen LogP contribution is -2.10. The molecule has 0 spiro atoms. The van der Waals surface area contributed by atoms with Crippen LogP contribution in [0.4, 0.5) is 0 Å². The number of carbonyl (C=O) groups is 2. The van der Waals surface area contributed by atoms with Gasteiger partial charge in [0, 0.05) is 18.4 Å². The SMILES string of the molecule is CCCCCCCCCCOc1ccc(COc2ccc(-c3ccccc3OC(=O)CCCC(=O)OCCC)cc2)cc1. The third kappa shape index (κ3) is 13.4. The molecule has 0 heterocycles. The fourth-order valence-corrected chi connectivity index (χ4v) is 4.64. The van der Waals surface area contributed by atoms with Crippen molar-refractivity contribution in [2.45, 2.75) is 97.5 Å². The number of esters is 2. The summed E-state index contributed by atoms with van der Waals surface area (Å²) in [4.78, 5) is 24.1. The molecule has 0 saturated heterocycles. The number of hydrogen-bond acceptors (Lipinski definition) is 6. The zero-order chi connectivity index (χ0) is 30.5. The maximum absolute atomic E-state index is 12.4. The van der Waals surface area contributed by atoms with Crippen molar-refractivity contribution in [2.75, 3.05) is 13.2 Å². The van der Waals surface area contributed by atoms with Crippen LogP contribution in [0.2, 0.25) is 0 Å². The van der Waals surface area contributed by atoms with E-state index in [2.05, 4.69) is 6.92 Å². The summed E-state index contributed by atoms with van der Waals surface area (Å²) in [6, 6.07) is 23.2. The molecular formula is C37H48O6. The molecule has 0 aliphatic heterocycles. The average molecular weight is 589 g/mol. The Balaban J connectivity index is 1.40. The van der Waals surface area contributed by atoms with Gasteiger partial charge >= 0.3 is 11.9 Å². The molecule has 0 saturated carbocycles. The van der Waals surface area contributed by atoms with Crippen molar-refractivity contribution in [2.24, 2.45) is 0 Å². The normalized spacial score (nSPS) is 10.7. The molecule has 0 aliphatic carbocycles. The van der Waals surface area contributed by atoms with Crippen LogP contribution in [0.15, 0.2) is 72.8 Å². The summed E-state index contributed by atoms with van der Waals surface area (Å²) >= 11 is 0. The predicted molar refractivity (Wildman–Crippen MR) is 171 cm³/mol. The number of rotatable bonds is 21. The van der Waals surface area contributed by atoms with Gasteiger partial charge in [-0.05, 0) is 60.7 Å². The lowest BCUT2D eigenvalue weighted by Gasteiger charge is -2.12. The second-order valence-electron chi connectivity index (χ2n) is 10.8. The number of benzene rings is 3. The van der Waals surface area contributed by atoms with Crippen molar-refractivity contribution >= 4 is 11.9 Å². The zero-order valence-electron chi connectivity index (χ0n) is 26.0. The van der Waals surface area contributed by atoms with Crippen LogP contribution in [-0.2, 0) is 20.9 Å². The maximum Gasteiger partial charge on any atom is 0.311 e. The van der Waals surface area contributed by atoms with Gasteiger partial charge in [-0.1, -0.05) is 101 Å². The maximum atomic E-state index is 12.4. The Hall–Kier alpha value is -3.80. The summed E-state index contributed by atoms with van der Waals surface area (Å²) in [5.74, 6) is 1.47. The molecule has 3 aromatic carbocycles. The number of ether oxygens (including phenoxy) is 4. The molecule has 0 bridgehead atoms. The Labute approximate surface area is 257 Å². The molecule has 0 atom stereocenters. The molecule has 6 nitrogen and oxygen atoms in total. The highest BCUT2D eigenvalue weighted by atomic mass is 16.5. The van der Waals surface area contributed by atoms with E-state index in [0.29, 0.717) is 25.4 Å². The fraction of sp³-hybridized carbons (Fsp3) is 0.459. The molecule has 0 N–H and O–H groups in total. The van der Waals surface area contributed by atoms with E-state index in [9.17, 15) is 9.59 Å². The summed E-state index contributed by atoms with van der Waals surface area (Å²) in [6.45, 7) is 5.81. The number of unbranched alkanes of at least 4 members (excludes halogenated alkanes) is 7. The van der Waals surface area contributed by atoms with Crippen molar-refractivity contribution in [1.82, 2.24) is 0 Å². The van der Waals surface area contributed by atoms with Crippen LogP contribution >= 0.6 is 0 Å². The van der Waals surface area contributed by atoms with Gasteiger partial charge in [-0.3, -0.25) is 9.59 Å². The lowest BCUT2D eigenvalue weighted by molar-refractivity contribution is -0.144. The van der Waals surface area contributed by atoms with E-state index in [-0.39, 0.29) is 24.8 Å². The number of para-hydroxylation sites is 1. The van der Waals surface area contributed by atoms with Gasteiger partial charge in [-0.25, -0.2) is 0 Å². The van der Waals surface area contributed by atoms with Crippen LogP contribution in [0.1, 0.15) is 96.5 Å². The third-order valence-corrected chi connectivity index (χ3v) is 7.10. The topological polar surface area (TPSA) is 71.1 Å². The highest BCUT2D eigenvalue weighted by Gasteiger charge is 2.12. The van der Waals surface area contributed by atoms with Crippen molar-refractivity contribution in [3.05, 3.63) is 78.4 Å². The van der Waals surface area contributed by atoms with Crippen LogP contribution < -0.4 is 14.2 Å². The molecule has 232 valence electrons. The molecular weight excluding hydrogens is 540 g/mol. The van der Waals surface area contributed by atoms with Gasteiger partial charge in [-0.15, -0.1) is 0 Å². The van der Waals surface area contributed by atoms with Gasteiger partial charge in [0.15, 0.2) is 0 Å². The van der Waals surface area contributed by atoms with Crippen LogP contribution in [0.3, 0.4) is 0 Å². The largest absolute Gasteiger partial charge is 0.494 e. The summed E-state index contributed by atoms with van der Waals surface area (Å²) in [5.41, 5.74) is 2.79.